The van der Waals surface area contributed by atoms with E-state index in [9.17, 15) is 71.5 Å². The molecule has 0 aromatic rings. The van der Waals surface area contributed by atoms with E-state index in [0.29, 0.717) is 0 Å². The first kappa shape index (κ1) is 72.6. The predicted molar refractivity (Wildman–Crippen MR) is 228 cm³/mol. The molecule has 0 aromatic carbocycles. The van der Waals surface area contributed by atoms with Crippen molar-refractivity contribution in [3.8, 4) is 0 Å². The predicted octanol–water partition coefficient (Wildman–Crippen LogP) is -19.0. The summed E-state index contributed by atoms with van der Waals surface area (Å²) in [4.78, 5) is 0. The van der Waals surface area contributed by atoms with Crippen LogP contribution in [0.1, 0.15) is 0 Å². The molecule has 5 unspecified atom stereocenters. The maximum absolute atomic E-state index is 9.94. The Morgan fingerprint density at radius 1 is 0.311 bits per heavy atom. The van der Waals surface area contributed by atoms with Gasteiger partial charge in [0, 0.05) is 0 Å². The second-order valence-corrected chi connectivity index (χ2v) is 16.6. The van der Waals surface area contributed by atoms with Crippen molar-refractivity contribution in [1.82, 2.24) is 0 Å². The quantitative estimate of drug-likeness (QED) is 0.0571. The molecule has 0 radical (unpaired) electrons. The Balaban J connectivity index is 0.000000973. The molecule has 0 aliphatic carbocycles. The minimum atomic E-state index is -1.74. The van der Waals surface area contributed by atoms with Crippen molar-refractivity contribution in [2.45, 2.75) is 172 Å². The fourth-order valence-corrected chi connectivity index (χ4v) is 6.23. The molecule has 0 saturated carbocycles. The van der Waals surface area contributed by atoms with Gasteiger partial charge in [0.1, 0.15) is 146 Å². The van der Waals surface area contributed by atoms with Crippen LogP contribution in [-0.4, -0.2) is 391 Å². The molecule has 27 atom stereocenters. The van der Waals surface area contributed by atoms with Crippen molar-refractivity contribution in [2.75, 3.05) is 66.1 Å². The van der Waals surface area contributed by atoms with E-state index in [0.717, 1.165) is 0 Å². The molecular formula is C38H78O36. The van der Waals surface area contributed by atoms with Crippen LogP contribution in [0.2, 0.25) is 0 Å². The van der Waals surface area contributed by atoms with E-state index in [1.807, 2.05) is 0 Å². The van der Waals surface area contributed by atoms with Crippen molar-refractivity contribution in [1.29, 1.82) is 0 Å². The molecule has 4 fully saturated rings. The highest BCUT2D eigenvalue weighted by atomic mass is 16.7. The zero-order valence-corrected chi connectivity index (χ0v) is 39.1. The lowest BCUT2D eigenvalue weighted by Gasteiger charge is -2.45. The Morgan fingerprint density at radius 2 is 0.635 bits per heavy atom. The fraction of sp³-hybridized carbons (Fsp3) is 1.00. The Hall–Kier alpha value is -1.44. The highest BCUT2D eigenvalue weighted by Crippen LogP contribution is 2.29. The van der Waals surface area contributed by atoms with E-state index in [4.69, 9.17) is 110 Å². The number of rotatable bonds is 19. The van der Waals surface area contributed by atoms with Gasteiger partial charge in [-0.3, -0.25) is 0 Å². The SMILES string of the molecule is OCC(O)C(O)C(O)C(O)CO.OCC(O)CO.OC[C@@H](O)[C@H](O)[C@@H](O)CO.OC[C@H]1O[C@H](OC[C@H]2O[C@H](O)[C@@H](O)[C@@H](O)[C@@H]2O)[C@@H](O)[C@@H](O)[C@@H]1O.OC[C@H]1O[C@H](O[C@H]2[C@H](O)[C@@H](O)C(O)O[C@@H]2CO)[C@H](O)[C@@H](O)[C@@H]1O. The summed E-state index contributed by atoms with van der Waals surface area (Å²) >= 11 is 0. The molecule has 446 valence electrons. The van der Waals surface area contributed by atoms with Crippen LogP contribution in [0.25, 0.3) is 0 Å². The van der Waals surface area contributed by atoms with E-state index in [-0.39, 0.29) is 13.2 Å². The van der Waals surface area contributed by atoms with Crippen molar-refractivity contribution < 1.29 is 182 Å². The highest BCUT2D eigenvalue weighted by Gasteiger charge is 2.51. The summed E-state index contributed by atoms with van der Waals surface area (Å²) in [7, 11) is 0. The molecule has 74 heavy (non-hydrogen) atoms. The Labute approximate surface area is 419 Å². The molecule has 36 heteroatoms. The molecule has 4 rings (SSSR count). The summed E-state index contributed by atoms with van der Waals surface area (Å²) in [6.07, 6.45) is -42.5. The van der Waals surface area contributed by atoms with Crippen molar-refractivity contribution in [3.63, 3.8) is 0 Å². The molecule has 4 aliphatic heterocycles. The first-order chi connectivity index (χ1) is 34.6. The van der Waals surface area contributed by atoms with E-state index in [1.165, 1.54) is 0 Å². The van der Waals surface area contributed by atoms with Gasteiger partial charge in [0.15, 0.2) is 25.2 Å². The van der Waals surface area contributed by atoms with Crippen LogP contribution in [0.3, 0.4) is 0 Å². The zero-order valence-electron chi connectivity index (χ0n) is 39.1. The number of aliphatic hydroxyl groups is 30. The van der Waals surface area contributed by atoms with Gasteiger partial charge in [-0.2, -0.15) is 0 Å². The van der Waals surface area contributed by atoms with Crippen molar-refractivity contribution in [3.05, 3.63) is 0 Å². The number of ether oxygens (including phenoxy) is 6. The minimum absolute atomic E-state index is 0.365. The van der Waals surface area contributed by atoms with Gasteiger partial charge in [-0.05, 0) is 0 Å². The first-order valence-electron chi connectivity index (χ1n) is 22.2. The average molecular weight is 1110 g/mol. The van der Waals surface area contributed by atoms with Crippen LogP contribution in [0.4, 0.5) is 0 Å². The third-order valence-electron chi connectivity index (χ3n) is 11.0. The normalized spacial score (nSPS) is 39.1. The van der Waals surface area contributed by atoms with Gasteiger partial charge in [0.2, 0.25) is 0 Å². The van der Waals surface area contributed by atoms with Gasteiger partial charge in [0.05, 0.1) is 66.1 Å². The third-order valence-corrected chi connectivity index (χ3v) is 11.0. The van der Waals surface area contributed by atoms with Crippen LogP contribution in [0.15, 0.2) is 0 Å². The van der Waals surface area contributed by atoms with Gasteiger partial charge in [-0.1, -0.05) is 0 Å². The number of aliphatic hydroxyl groups excluding tert-OH is 30. The molecule has 0 spiro atoms. The zero-order chi connectivity index (χ0) is 57.5. The summed E-state index contributed by atoms with van der Waals surface area (Å²) in [5.41, 5.74) is 0. The monoisotopic (exact) mass is 1110 g/mol. The lowest BCUT2D eigenvalue weighted by Crippen LogP contribution is -2.64. The topological polar surface area (TPSA) is 662 Å². The largest absolute Gasteiger partial charge is 0.394 e. The van der Waals surface area contributed by atoms with Gasteiger partial charge in [0.25, 0.3) is 0 Å². The molecule has 0 bridgehead atoms. The van der Waals surface area contributed by atoms with Crippen LogP contribution >= 0.6 is 0 Å². The summed E-state index contributed by atoms with van der Waals surface area (Å²) in [5.74, 6) is 0. The third kappa shape index (κ3) is 21.7. The van der Waals surface area contributed by atoms with Crippen molar-refractivity contribution in [2.24, 2.45) is 0 Å². The molecular weight excluding hydrogens is 1030 g/mol. The summed E-state index contributed by atoms with van der Waals surface area (Å²) in [6.45, 7) is -5.90. The molecule has 4 aliphatic rings. The maximum Gasteiger partial charge on any atom is 0.187 e. The van der Waals surface area contributed by atoms with Crippen LogP contribution in [0.5, 0.6) is 0 Å². The molecule has 4 saturated heterocycles. The average Bonchev–Trinajstić information content (AvgIpc) is 3.41. The van der Waals surface area contributed by atoms with Gasteiger partial charge in [-0.15, -0.1) is 0 Å². The van der Waals surface area contributed by atoms with E-state index in [2.05, 4.69) is 0 Å². The van der Waals surface area contributed by atoms with E-state index < -0.39 is 225 Å². The van der Waals surface area contributed by atoms with Gasteiger partial charge < -0.3 is 182 Å². The highest BCUT2D eigenvalue weighted by molar-refractivity contribution is 4.94. The van der Waals surface area contributed by atoms with E-state index >= 15 is 0 Å². The maximum atomic E-state index is 9.94. The van der Waals surface area contributed by atoms with Gasteiger partial charge in [-0.25, -0.2) is 0 Å². The summed E-state index contributed by atoms with van der Waals surface area (Å²) < 4.78 is 30.4. The fourth-order valence-electron chi connectivity index (χ4n) is 6.23. The number of hydrogen-bond donors (Lipinski definition) is 30. The Morgan fingerprint density at radius 3 is 1.00 bits per heavy atom. The van der Waals surface area contributed by atoms with Crippen LogP contribution in [-0.2, 0) is 28.4 Å². The summed E-state index contributed by atoms with van der Waals surface area (Å²) in [6, 6.07) is 0. The Bertz CT molecular complexity index is 1360. The van der Waals surface area contributed by atoms with E-state index in [1.54, 1.807) is 0 Å². The molecule has 36 nitrogen and oxygen atoms in total. The van der Waals surface area contributed by atoms with Gasteiger partial charge >= 0.3 is 0 Å². The lowest BCUT2D eigenvalue weighted by molar-refractivity contribution is -0.355. The molecule has 30 N–H and O–H groups in total. The summed E-state index contributed by atoms with van der Waals surface area (Å²) in [5, 5.41) is 271. The molecule has 0 amide bonds. The first-order valence-corrected chi connectivity index (χ1v) is 22.2. The molecule has 4 heterocycles. The number of hydrogen-bond acceptors (Lipinski definition) is 36. The van der Waals surface area contributed by atoms with Crippen LogP contribution < -0.4 is 0 Å². The van der Waals surface area contributed by atoms with Crippen LogP contribution in [0, 0.1) is 0 Å². The second-order valence-electron chi connectivity index (χ2n) is 16.6. The minimum Gasteiger partial charge on any atom is -0.394 e. The smallest absolute Gasteiger partial charge is 0.187 e. The van der Waals surface area contributed by atoms with Crippen molar-refractivity contribution >= 4 is 0 Å². The Kier molecular flexibility index (Phi) is 36.0. The second kappa shape index (κ2) is 36.7. The standard InChI is InChI=1S/2C12H22O11.C6H14O6.C5H12O5.C3H8O3/c13-1-3-5(15)6(16)9(19)12(22-3)23-10-4(2-14)21-11(20)8(18)7(10)17;13-1-3-5(14)8(17)10(19)12(23-3)21-2-4-6(15)7(16)9(18)11(20)22-4;7-1-3(9)5(11)6(12)4(10)2-8;6-1-3(8)5(10)4(9)2-7;4-1-3(6)2-5/h2*3-20H,1-2H2;3-12H,1-2H2;3-10H,1-2H2;3-6H,1-2H2/t3-,4-,5-,6+,7-,8-,9-,10-,11?,12-;3-,4-,5-,6-,7+,8+,9+,10+,11+,12+;;3-,4+,5+;/m11.../s1. The molecule has 0 aromatic heterocycles. The lowest BCUT2D eigenvalue weighted by atomic mass is 9.97.